The Morgan fingerprint density at radius 3 is 2.90 bits per heavy atom. The first kappa shape index (κ1) is 13.5. The topological polar surface area (TPSA) is 67.2 Å². The summed E-state index contributed by atoms with van der Waals surface area (Å²) in [4.78, 5) is 16.3. The van der Waals surface area contributed by atoms with Crippen molar-refractivity contribution in [2.75, 3.05) is 5.32 Å². The van der Waals surface area contributed by atoms with Crippen LogP contribution in [0.15, 0.2) is 48.8 Å². The molecule has 0 bridgehead atoms. The number of phenols is 1. The summed E-state index contributed by atoms with van der Waals surface area (Å²) < 4.78 is 1.75. The van der Waals surface area contributed by atoms with Crippen LogP contribution in [-0.2, 0) is 11.3 Å². The molecule has 0 atom stereocenters. The van der Waals surface area contributed by atoms with Crippen LogP contribution in [0.5, 0.6) is 5.75 Å². The Morgan fingerprint density at radius 2 is 2.10 bits per heavy atom. The number of aromatic hydroxyl groups is 1. The van der Waals surface area contributed by atoms with Gasteiger partial charge in [-0.1, -0.05) is 23.7 Å². The molecule has 0 fully saturated rings. The number of amides is 1. The minimum Gasteiger partial charge on any atom is -0.506 e. The molecule has 6 heteroatoms. The van der Waals surface area contributed by atoms with Gasteiger partial charge in [0.05, 0.1) is 23.0 Å². The fourth-order valence-corrected chi connectivity index (χ4v) is 2.26. The molecular formula is C15H12ClN3O2. The summed E-state index contributed by atoms with van der Waals surface area (Å²) in [6, 6.07) is 12.1. The number of benzene rings is 2. The summed E-state index contributed by atoms with van der Waals surface area (Å²) in [7, 11) is 0. The van der Waals surface area contributed by atoms with Crippen LogP contribution in [0.1, 0.15) is 0 Å². The Kier molecular flexibility index (Phi) is 3.50. The van der Waals surface area contributed by atoms with Crippen molar-refractivity contribution in [3.05, 3.63) is 53.8 Å². The zero-order chi connectivity index (χ0) is 14.8. The highest BCUT2D eigenvalue weighted by Gasteiger charge is 2.09. The zero-order valence-electron chi connectivity index (χ0n) is 11.0. The number of hydrogen-bond donors (Lipinski definition) is 2. The number of fused-ring (bicyclic) bond motifs is 1. The molecule has 3 aromatic rings. The predicted octanol–water partition coefficient (Wildman–Crippen LogP) is 3.03. The van der Waals surface area contributed by atoms with Crippen molar-refractivity contribution in [3.8, 4) is 5.75 Å². The molecule has 0 radical (unpaired) electrons. The molecule has 1 amide bonds. The second-order valence-electron chi connectivity index (χ2n) is 4.57. The summed E-state index contributed by atoms with van der Waals surface area (Å²) >= 11 is 5.75. The lowest BCUT2D eigenvalue weighted by molar-refractivity contribution is -0.116. The SMILES string of the molecule is O=C(Cn1cnc2ccccc21)Nc1ccc(Cl)cc1O. The van der Waals surface area contributed by atoms with Gasteiger partial charge < -0.3 is 15.0 Å². The van der Waals surface area contributed by atoms with E-state index >= 15 is 0 Å². The van der Waals surface area contributed by atoms with E-state index < -0.39 is 0 Å². The third kappa shape index (κ3) is 2.83. The second kappa shape index (κ2) is 5.46. The van der Waals surface area contributed by atoms with Crippen molar-refractivity contribution in [3.63, 3.8) is 0 Å². The number of halogens is 1. The van der Waals surface area contributed by atoms with E-state index in [0.717, 1.165) is 11.0 Å². The average molecular weight is 302 g/mol. The number of carbonyl (C=O) groups excluding carboxylic acids is 1. The molecule has 106 valence electrons. The van der Waals surface area contributed by atoms with Crippen LogP contribution in [0.25, 0.3) is 11.0 Å². The molecule has 0 spiro atoms. The van der Waals surface area contributed by atoms with Crippen LogP contribution in [0.3, 0.4) is 0 Å². The number of imidazole rings is 1. The van der Waals surface area contributed by atoms with E-state index in [0.29, 0.717) is 10.7 Å². The zero-order valence-corrected chi connectivity index (χ0v) is 11.7. The minimum absolute atomic E-state index is 0.0636. The van der Waals surface area contributed by atoms with Crippen LogP contribution >= 0.6 is 11.6 Å². The number of hydrogen-bond acceptors (Lipinski definition) is 3. The maximum Gasteiger partial charge on any atom is 0.244 e. The maximum atomic E-state index is 12.1. The van der Waals surface area contributed by atoms with Crippen molar-refractivity contribution < 1.29 is 9.90 Å². The maximum absolute atomic E-state index is 12.1. The first-order valence-electron chi connectivity index (χ1n) is 6.32. The van der Waals surface area contributed by atoms with Gasteiger partial charge in [-0.3, -0.25) is 4.79 Å². The van der Waals surface area contributed by atoms with Crippen molar-refractivity contribution in [1.29, 1.82) is 0 Å². The number of rotatable bonds is 3. The van der Waals surface area contributed by atoms with E-state index in [-0.39, 0.29) is 18.2 Å². The Bertz CT molecular complexity index is 814. The number of nitrogens with one attached hydrogen (secondary N) is 1. The number of carbonyl (C=O) groups is 1. The van der Waals surface area contributed by atoms with E-state index in [4.69, 9.17) is 11.6 Å². The summed E-state index contributed by atoms with van der Waals surface area (Å²) in [5, 5.41) is 12.8. The summed E-state index contributed by atoms with van der Waals surface area (Å²) in [5.74, 6) is -0.317. The molecule has 2 N–H and O–H groups in total. The van der Waals surface area contributed by atoms with Crippen molar-refractivity contribution in [1.82, 2.24) is 9.55 Å². The second-order valence-corrected chi connectivity index (χ2v) is 5.01. The van der Waals surface area contributed by atoms with E-state index in [2.05, 4.69) is 10.3 Å². The predicted molar refractivity (Wildman–Crippen MR) is 81.5 cm³/mol. The number of nitrogens with zero attached hydrogens (tertiary/aromatic N) is 2. The average Bonchev–Trinajstić information content (AvgIpc) is 2.85. The monoisotopic (exact) mass is 301 g/mol. The number of anilines is 1. The van der Waals surface area contributed by atoms with Crippen molar-refractivity contribution in [2.45, 2.75) is 6.54 Å². The molecule has 1 heterocycles. The minimum atomic E-state index is -0.254. The van der Waals surface area contributed by atoms with Crippen LogP contribution in [0, 0.1) is 0 Å². The van der Waals surface area contributed by atoms with Crippen molar-refractivity contribution >= 4 is 34.2 Å². The first-order chi connectivity index (χ1) is 10.1. The summed E-state index contributed by atoms with van der Waals surface area (Å²) in [6.07, 6.45) is 1.62. The Hall–Kier alpha value is -2.53. The van der Waals surface area contributed by atoms with Crippen LogP contribution < -0.4 is 5.32 Å². The third-order valence-corrected chi connectivity index (χ3v) is 3.31. The Morgan fingerprint density at radius 1 is 1.29 bits per heavy atom. The van der Waals surface area contributed by atoms with Crippen LogP contribution in [0.4, 0.5) is 5.69 Å². The largest absolute Gasteiger partial charge is 0.506 e. The van der Waals surface area contributed by atoms with Crippen LogP contribution in [-0.4, -0.2) is 20.6 Å². The van der Waals surface area contributed by atoms with E-state index in [1.807, 2.05) is 24.3 Å². The fourth-order valence-electron chi connectivity index (χ4n) is 2.09. The van der Waals surface area contributed by atoms with Crippen molar-refractivity contribution in [2.24, 2.45) is 0 Å². The molecule has 2 aromatic carbocycles. The number of aromatic nitrogens is 2. The highest BCUT2D eigenvalue weighted by Crippen LogP contribution is 2.26. The van der Waals surface area contributed by atoms with Gasteiger partial charge in [0.1, 0.15) is 12.3 Å². The van der Waals surface area contributed by atoms with Gasteiger partial charge in [-0.15, -0.1) is 0 Å². The van der Waals surface area contributed by atoms with E-state index in [9.17, 15) is 9.90 Å². The molecule has 0 aliphatic carbocycles. The quantitative estimate of drug-likeness (QED) is 0.731. The lowest BCUT2D eigenvalue weighted by Gasteiger charge is -2.08. The molecule has 21 heavy (non-hydrogen) atoms. The van der Waals surface area contributed by atoms with Crippen LogP contribution in [0.2, 0.25) is 5.02 Å². The highest BCUT2D eigenvalue weighted by atomic mass is 35.5. The first-order valence-corrected chi connectivity index (χ1v) is 6.69. The van der Waals surface area contributed by atoms with Gasteiger partial charge in [0.2, 0.25) is 5.91 Å². The van der Waals surface area contributed by atoms with E-state index in [1.165, 1.54) is 6.07 Å². The molecule has 0 unspecified atom stereocenters. The molecule has 0 aliphatic heterocycles. The summed E-state index contributed by atoms with van der Waals surface area (Å²) in [6.45, 7) is 0.114. The van der Waals surface area contributed by atoms with Gasteiger partial charge in [-0.05, 0) is 24.3 Å². The van der Waals surface area contributed by atoms with Gasteiger partial charge in [-0.25, -0.2) is 4.98 Å². The highest BCUT2D eigenvalue weighted by molar-refractivity contribution is 6.30. The number of para-hydroxylation sites is 2. The van der Waals surface area contributed by atoms with Gasteiger partial charge in [-0.2, -0.15) is 0 Å². The summed E-state index contributed by atoms with van der Waals surface area (Å²) in [5.41, 5.74) is 2.04. The molecular weight excluding hydrogens is 290 g/mol. The Balaban J connectivity index is 1.77. The fraction of sp³-hybridized carbons (Fsp3) is 0.0667. The lowest BCUT2D eigenvalue weighted by Crippen LogP contribution is -2.18. The normalized spacial score (nSPS) is 10.7. The van der Waals surface area contributed by atoms with Gasteiger partial charge in [0, 0.05) is 11.1 Å². The molecule has 0 saturated carbocycles. The van der Waals surface area contributed by atoms with E-state index in [1.54, 1.807) is 23.0 Å². The number of phenolic OH excluding ortho intramolecular Hbond substituents is 1. The van der Waals surface area contributed by atoms with Gasteiger partial charge >= 0.3 is 0 Å². The van der Waals surface area contributed by atoms with Gasteiger partial charge in [0.15, 0.2) is 0 Å². The molecule has 5 nitrogen and oxygen atoms in total. The molecule has 0 aliphatic rings. The third-order valence-electron chi connectivity index (χ3n) is 3.08. The Labute approximate surface area is 125 Å². The smallest absolute Gasteiger partial charge is 0.244 e. The standard InChI is InChI=1S/C15H12ClN3O2/c16-10-5-6-12(14(20)7-10)18-15(21)8-19-9-17-11-3-1-2-4-13(11)19/h1-7,9,20H,8H2,(H,18,21). The van der Waals surface area contributed by atoms with Gasteiger partial charge in [0.25, 0.3) is 0 Å². The molecule has 1 aromatic heterocycles. The lowest BCUT2D eigenvalue weighted by atomic mass is 10.3. The molecule has 0 saturated heterocycles. The molecule has 3 rings (SSSR count).